The van der Waals surface area contributed by atoms with Gasteiger partial charge in [-0.3, -0.25) is 24.3 Å². The summed E-state index contributed by atoms with van der Waals surface area (Å²) in [6.07, 6.45) is 9.19. The molecule has 4 saturated carbocycles. The van der Waals surface area contributed by atoms with E-state index in [-0.39, 0.29) is 28.4 Å². The van der Waals surface area contributed by atoms with E-state index in [9.17, 15) is 19.3 Å². The molecular formula is C26H29FN6O3. The first-order valence-corrected chi connectivity index (χ1v) is 12.5. The summed E-state index contributed by atoms with van der Waals surface area (Å²) in [5.41, 5.74) is 0.997. The number of anilines is 1. The fourth-order valence-electron chi connectivity index (χ4n) is 7.59. The summed E-state index contributed by atoms with van der Waals surface area (Å²) in [6, 6.07) is 8.41. The van der Waals surface area contributed by atoms with Crippen LogP contribution in [0, 0.1) is 40.1 Å². The highest BCUT2D eigenvalue weighted by Gasteiger charge is 2.59. The number of amides is 1. The van der Waals surface area contributed by atoms with Crippen molar-refractivity contribution in [2.45, 2.75) is 64.0 Å². The molecule has 3 aromatic rings. The van der Waals surface area contributed by atoms with Crippen LogP contribution in [0.2, 0.25) is 0 Å². The van der Waals surface area contributed by atoms with Crippen LogP contribution in [0.3, 0.4) is 0 Å². The van der Waals surface area contributed by atoms with Gasteiger partial charge >= 0.3 is 5.69 Å². The maximum Gasteiger partial charge on any atom is 0.307 e. The van der Waals surface area contributed by atoms with Crippen molar-refractivity contribution in [2.75, 3.05) is 5.32 Å². The van der Waals surface area contributed by atoms with Crippen molar-refractivity contribution in [3.05, 3.63) is 69.9 Å². The quantitative estimate of drug-likeness (QED) is 0.376. The highest BCUT2D eigenvalue weighted by Crippen LogP contribution is 2.65. The van der Waals surface area contributed by atoms with Crippen molar-refractivity contribution >= 4 is 17.4 Å². The lowest BCUT2D eigenvalue weighted by atomic mass is 9.46. The Labute approximate surface area is 207 Å². The smallest absolute Gasteiger partial charge is 0.307 e. The molecule has 188 valence electrons. The van der Waals surface area contributed by atoms with Crippen LogP contribution >= 0.6 is 0 Å². The average Bonchev–Trinajstić information content (AvgIpc) is 3.42. The van der Waals surface area contributed by atoms with Crippen molar-refractivity contribution < 1.29 is 14.1 Å². The Bertz CT molecular complexity index is 1330. The molecule has 1 N–H and O–H groups in total. The van der Waals surface area contributed by atoms with Gasteiger partial charge in [-0.25, -0.2) is 4.39 Å². The number of nitrogens with one attached hydrogen (secondary N) is 1. The number of rotatable bonds is 7. The van der Waals surface area contributed by atoms with Crippen molar-refractivity contribution in [3.63, 3.8) is 0 Å². The largest absolute Gasteiger partial charge is 0.309 e. The first-order valence-electron chi connectivity index (χ1n) is 12.5. The standard InChI is InChI=1S/C26H29FN6O3/c1-17-6-23(30-31(17)14-20-4-2-3-5-22(20)27)29-24(34)12-25-8-18-7-19(9-25)11-26(10-18,16-25)32-15-21(13-28-32)33(35)36/h2-6,13,15,18-19H,7-12,14,16H2,1H3,(H,29,30,34). The van der Waals surface area contributed by atoms with Gasteiger partial charge in [0.25, 0.3) is 0 Å². The lowest BCUT2D eigenvalue weighted by Crippen LogP contribution is -2.57. The molecule has 4 bridgehead atoms. The van der Waals surface area contributed by atoms with Gasteiger partial charge in [0.2, 0.25) is 5.91 Å². The Morgan fingerprint density at radius 1 is 1.25 bits per heavy atom. The van der Waals surface area contributed by atoms with Crippen LogP contribution in [0.1, 0.15) is 56.2 Å². The minimum Gasteiger partial charge on any atom is -0.309 e. The number of nitro groups is 1. The second kappa shape index (κ2) is 8.25. The van der Waals surface area contributed by atoms with Crippen molar-refractivity contribution in [3.8, 4) is 0 Å². The molecule has 4 aliphatic rings. The monoisotopic (exact) mass is 492 g/mol. The third kappa shape index (κ3) is 3.98. The van der Waals surface area contributed by atoms with E-state index in [1.165, 1.54) is 12.3 Å². The van der Waals surface area contributed by atoms with Gasteiger partial charge in [-0.2, -0.15) is 10.2 Å². The Morgan fingerprint density at radius 3 is 2.69 bits per heavy atom. The van der Waals surface area contributed by atoms with Gasteiger partial charge in [-0.15, -0.1) is 0 Å². The minimum atomic E-state index is -0.402. The van der Waals surface area contributed by atoms with E-state index in [1.807, 2.05) is 17.7 Å². The van der Waals surface area contributed by atoms with Crippen LogP contribution in [0.15, 0.2) is 42.7 Å². The summed E-state index contributed by atoms with van der Waals surface area (Å²) in [4.78, 5) is 24.1. The van der Waals surface area contributed by atoms with Gasteiger partial charge < -0.3 is 5.32 Å². The summed E-state index contributed by atoms with van der Waals surface area (Å²) in [5, 5.41) is 23.1. The highest BCUT2D eigenvalue weighted by molar-refractivity contribution is 5.90. The van der Waals surface area contributed by atoms with Gasteiger partial charge in [-0.05, 0) is 68.8 Å². The van der Waals surface area contributed by atoms with Crippen LogP contribution < -0.4 is 5.32 Å². The fraction of sp³-hybridized carbons (Fsp3) is 0.500. The maximum atomic E-state index is 14.1. The Morgan fingerprint density at radius 2 is 2.00 bits per heavy atom. The first-order chi connectivity index (χ1) is 17.2. The molecule has 2 heterocycles. The number of benzene rings is 1. The second-order valence-electron chi connectivity index (χ2n) is 11.2. The highest BCUT2D eigenvalue weighted by atomic mass is 19.1. The summed E-state index contributed by atoms with van der Waals surface area (Å²) in [7, 11) is 0. The number of aromatic nitrogens is 4. The molecule has 9 nitrogen and oxygen atoms in total. The number of aryl methyl sites for hydroxylation is 1. The van der Waals surface area contributed by atoms with Crippen LogP contribution in [-0.2, 0) is 16.9 Å². The van der Waals surface area contributed by atoms with Crippen LogP contribution in [0.5, 0.6) is 0 Å². The molecule has 1 amide bonds. The van der Waals surface area contributed by atoms with Gasteiger partial charge in [0.05, 0.1) is 17.0 Å². The number of hydrogen-bond acceptors (Lipinski definition) is 5. The molecule has 1 aromatic carbocycles. The van der Waals surface area contributed by atoms with Crippen molar-refractivity contribution in [1.82, 2.24) is 19.6 Å². The number of carbonyl (C=O) groups is 1. The first kappa shape index (κ1) is 22.9. The summed E-state index contributed by atoms with van der Waals surface area (Å²) >= 11 is 0. The third-order valence-electron chi connectivity index (χ3n) is 8.48. The molecule has 7 rings (SSSR count). The summed E-state index contributed by atoms with van der Waals surface area (Å²) in [5.74, 6) is 1.12. The molecular weight excluding hydrogens is 463 g/mol. The molecule has 10 heteroatoms. The normalized spacial score (nSPS) is 28.4. The van der Waals surface area contributed by atoms with E-state index in [0.717, 1.165) is 44.2 Å². The SMILES string of the molecule is Cc1cc(NC(=O)CC23CC4CC(C2)CC(n2cc([N+](=O)[O-])cn2)(C4)C3)nn1Cc1ccccc1F. The van der Waals surface area contributed by atoms with E-state index in [0.29, 0.717) is 36.2 Å². The molecule has 0 aliphatic heterocycles. The van der Waals surface area contributed by atoms with Crippen LogP contribution in [-0.4, -0.2) is 30.4 Å². The van der Waals surface area contributed by atoms with Crippen molar-refractivity contribution in [1.29, 1.82) is 0 Å². The molecule has 36 heavy (non-hydrogen) atoms. The van der Waals surface area contributed by atoms with E-state index in [2.05, 4.69) is 15.5 Å². The molecule has 0 saturated heterocycles. The lowest BCUT2D eigenvalue weighted by molar-refractivity contribution is -0.385. The lowest BCUT2D eigenvalue weighted by Gasteiger charge is -2.61. The van der Waals surface area contributed by atoms with Gasteiger partial charge in [0.1, 0.15) is 18.2 Å². The molecule has 0 radical (unpaired) electrons. The zero-order chi connectivity index (χ0) is 25.1. The zero-order valence-corrected chi connectivity index (χ0v) is 20.2. The van der Waals surface area contributed by atoms with E-state index in [1.54, 1.807) is 29.1 Å². The van der Waals surface area contributed by atoms with Crippen LogP contribution in [0.25, 0.3) is 0 Å². The van der Waals surface area contributed by atoms with E-state index in [4.69, 9.17) is 0 Å². The fourth-order valence-corrected chi connectivity index (χ4v) is 7.59. The molecule has 4 aliphatic carbocycles. The molecule has 2 aromatic heterocycles. The Kier molecular flexibility index (Phi) is 5.24. The van der Waals surface area contributed by atoms with E-state index >= 15 is 0 Å². The minimum absolute atomic E-state index is 0.0129. The Balaban J connectivity index is 1.18. The second-order valence-corrected chi connectivity index (χ2v) is 11.2. The van der Waals surface area contributed by atoms with Crippen molar-refractivity contribution in [2.24, 2.45) is 17.3 Å². The van der Waals surface area contributed by atoms with Gasteiger partial charge in [0.15, 0.2) is 5.82 Å². The van der Waals surface area contributed by atoms with Crippen LogP contribution in [0.4, 0.5) is 15.9 Å². The topological polar surface area (TPSA) is 108 Å². The molecule has 2 atom stereocenters. The molecule has 0 spiro atoms. The Hall–Kier alpha value is -3.56. The predicted molar refractivity (Wildman–Crippen MR) is 130 cm³/mol. The number of hydrogen-bond donors (Lipinski definition) is 1. The van der Waals surface area contributed by atoms with E-state index < -0.39 is 4.92 Å². The predicted octanol–water partition coefficient (Wildman–Crippen LogP) is 4.81. The molecule has 2 unspecified atom stereocenters. The summed E-state index contributed by atoms with van der Waals surface area (Å²) < 4.78 is 17.6. The number of halogens is 1. The average molecular weight is 493 g/mol. The number of carbonyl (C=O) groups excluding carboxylic acids is 1. The van der Waals surface area contributed by atoms with Gasteiger partial charge in [0, 0.05) is 23.7 Å². The zero-order valence-electron chi connectivity index (χ0n) is 20.2. The van der Waals surface area contributed by atoms with Gasteiger partial charge in [-0.1, -0.05) is 18.2 Å². The summed E-state index contributed by atoms with van der Waals surface area (Å²) in [6.45, 7) is 2.18. The molecule has 4 fully saturated rings. The maximum absolute atomic E-state index is 14.1. The number of nitrogens with zero attached hydrogens (tertiary/aromatic N) is 5. The third-order valence-corrected chi connectivity index (χ3v) is 8.48.